The second-order valence-corrected chi connectivity index (χ2v) is 5.69. The number of ether oxygens (including phenoxy) is 1. The molecule has 2 aromatic heterocycles. The maximum atomic E-state index is 13.7. The van der Waals surface area contributed by atoms with Crippen LogP contribution in [-0.2, 0) is 6.61 Å². The lowest BCUT2D eigenvalue weighted by Gasteiger charge is -2.07. The lowest BCUT2D eigenvalue weighted by molar-refractivity contribution is 0.303. The van der Waals surface area contributed by atoms with E-state index < -0.39 is 0 Å². The van der Waals surface area contributed by atoms with Crippen LogP contribution in [0.3, 0.4) is 0 Å². The van der Waals surface area contributed by atoms with Crippen LogP contribution in [0.5, 0.6) is 5.75 Å². The zero-order chi connectivity index (χ0) is 14.7. The molecule has 0 N–H and O–H groups in total. The van der Waals surface area contributed by atoms with Crippen LogP contribution in [-0.4, -0.2) is 15.2 Å². The second-order valence-electron chi connectivity index (χ2n) is 4.42. The van der Waals surface area contributed by atoms with Crippen LogP contribution in [0.15, 0.2) is 42.7 Å². The van der Waals surface area contributed by atoms with Crippen molar-refractivity contribution in [1.29, 1.82) is 0 Å². The molecule has 0 aliphatic carbocycles. The highest BCUT2D eigenvalue weighted by atomic mass is 32.1. The lowest BCUT2D eigenvalue weighted by atomic mass is 10.1. The molecule has 4 nitrogen and oxygen atoms in total. The Morgan fingerprint density at radius 1 is 1.19 bits per heavy atom. The van der Waals surface area contributed by atoms with Crippen LogP contribution < -0.4 is 4.74 Å². The van der Waals surface area contributed by atoms with Gasteiger partial charge in [-0.05, 0) is 30.7 Å². The topological polar surface area (TPSA) is 47.9 Å². The van der Waals surface area contributed by atoms with Crippen molar-refractivity contribution >= 4 is 11.3 Å². The molecule has 6 heteroatoms. The van der Waals surface area contributed by atoms with E-state index in [2.05, 4.69) is 15.2 Å². The van der Waals surface area contributed by atoms with E-state index in [9.17, 15) is 4.39 Å². The van der Waals surface area contributed by atoms with E-state index in [1.54, 1.807) is 18.5 Å². The van der Waals surface area contributed by atoms with E-state index >= 15 is 0 Å². The third-order valence-electron chi connectivity index (χ3n) is 2.80. The molecule has 0 aliphatic rings. The zero-order valence-electron chi connectivity index (χ0n) is 11.3. The molecule has 3 aromatic rings. The summed E-state index contributed by atoms with van der Waals surface area (Å²) in [6, 6.07) is 8.28. The SMILES string of the molecule is Cc1nnc(COc2cc(F)cc(-c3cccnc3)c2)s1. The number of benzene rings is 1. The van der Waals surface area contributed by atoms with Crippen molar-refractivity contribution < 1.29 is 9.13 Å². The van der Waals surface area contributed by atoms with Gasteiger partial charge in [-0.25, -0.2) is 4.39 Å². The highest BCUT2D eigenvalue weighted by Gasteiger charge is 2.06. The Morgan fingerprint density at radius 3 is 2.81 bits per heavy atom. The minimum atomic E-state index is -0.347. The van der Waals surface area contributed by atoms with Gasteiger partial charge in [0.05, 0.1) is 0 Å². The molecule has 0 atom stereocenters. The van der Waals surface area contributed by atoms with Crippen LogP contribution in [0.1, 0.15) is 10.0 Å². The molecule has 0 bridgehead atoms. The van der Waals surface area contributed by atoms with Crippen molar-refractivity contribution in [3.05, 3.63) is 58.6 Å². The van der Waals surface area contributed by atoms with Gasteiger partial charge in [0, 0.05) is 24.0 Å². The van der Waals surface area contributed by atoms with Gasteiger partial charge in [-0.1, -0.05) is 17.4 Å². The van der Waals surface area contributed by atoms with Gasteiger partial charge in [0.15, 0.2) is 5.01 Å². The van der Waals surface area contributed by atoms with Gasteiger partial charge in [-0.3, -0.25) is 4.98 Å². The molecule has 1 aromatic carbocycles. The Kier molecular flexibility index (Phi) is 3.87. The summed E-state index contributed by atoms with van der Waals surface area (Å²) >= 11 is 1.46. The first-order valence-corrected chi connectivity index (χ1v) is 7.15. The summed E-state index contributed by atoms with van der Waals surface area (Å²) in [5, 5.41) is 9.53. The summed E-state index contributed by atoms with van der Waals surface area (Å²) in [6.45, 7) is 2.16. The smallest absolute Gasteiger partial charge is 0.155 e. The molecule has 0 radical (unpaired) electrons. The maximum Gasteiger partial charge on any atom is 0.155 e. The summed E-state index contributed by atoms with van der Waals surface area (Å²) < 4.78 is 19.3. The van der Waals surface area contributed by atoms with Gasteiger partial charge in [-0.15, -0.1) is 10.2 Å². The molecule has 21 heavy (non-hydrogen) atoms. The van der Waals surface area contributed by atoms with Gasteiger partial charge in [0.2, 0.25) is 0 Å². The molecule has 0 saturated carbocycles. The number of aryl methyl sites for hydroxylation is 1. The molecule has 0 amide bonds. The molecule has 3 rings (SSSR count). The maximum absolute atomic E-state index is 13.7. The number of nitrogens with zero attached hydrogens (tertiary/aromatic N) is 3. The molecule has 0 aliphatic heterocycles. The fourth-order valence-corrected chi connectivity index (χ4v) is 2.51. The van der Waals surface area contributed by atoms with Crippen LogP contribution >= 0.6 is 11.3 Å². The summed E-state index contributed by atoms with van der Waals surface area (Å²) in [5.41, 5.74) is 1.57. The van der Waals surface area contributed by atoms with E-state index in [-0.39, 0.29) is 12.4 Å². The Labute approximate surface area is 125 Å². The lowest BCUT2D eigenvalue weighted by Crippen LogP contribution is -1.96. The van der Waals surface area contributed by atoms with Crippen LogP contribution in [0, 0.1) is 12.7 Å². The molecular weight excluding hydrogens is 289 g/mol. The zero-order valence-corrected chi connectivity index (χ0v) is 12.1. The van der Waals surface area contributed by atoms with E-state index in [1.807, 2.05) is 19.1 Å². The second kappa shape index (κ2) is 5.97. The Hall–Kier alpha value is -2.34. The number of hydrogen-bond acceptors (Lipinski definition) is 5. The van der Waals surface area contributed by atoms with Crippen molar-refractivity contribution in [1.82, 2.24) is 15.2 Å². The number of halogens is 1. The minimum absolute atomic E-state index is 0.279. The van der Waals surface area contributed by atoms with Gasteiger partial charge in [-0.2, -0.15) is 0 Å². The molecule has 0 spiro atoms. The van der Waals surface area contributed by atoms with Gasteiger partial charge < -0.3 is 4.74 Å². The van der Waals surface area contributed by atoms with E-state index in [0.717, 1.165) is 21.1 Å². The first kappa shape index (κ1) is 13.6. The van der Waals surface area contributed by atoms with Crippen LogP contribution in [0.25, 0.3) is 11.1 Å². The fourth-order valence-electron chi connectivity index (χ4n) is 1.89. The van der Waals surface area contributed by atoms with Gasteiger partial charge in [0.1, 0.15) is 23.2 Å². The first-order chi connectivity index (χ1) is 10.2. The number of rotatable bonds is 4. The molecule has 2 heterocycles. The molecule has 0 saturated heterocycles. The highest BCUT2D eigenvalue weighted by Crippen LogP contribution is 2.25. The third-order valence-corrected chi connectivity index (χ3v) is 3.61. The molecular formula is C15H12FN3OS. The predicted molar refractivity (Wildman–Crippen MR) is 78.6 cm³/mol. The molecule has 0 fully saturated rings. The summed E-state index contributed by atoms with van der Waals surface area (Å²) in [7, 11) is 0. The largest absolute Gasteiger partial charge is 0.486 e. The first-order valence-electron chi connectivity index (χ1n) is 6.33. The summed E-state index contributed by atoms with van der Waals surface area (Å²) in [5.74, 6) is 0.113. The van der Waals surface area contributed by atoms with Gasteiger partial charge in [0.25, 0.3) is 0 Å². The average molecular weight is 301 g/mol. The monoisotopic (exact) mass is 301 g/mol. The Morgan fingerprint density at radius 2 is 2.10 bits per heavy atom. The quantitative estimate of drug-likeness (QED) is 0.738. The number of aromatic nitrogens is 3. The Balaban J connectivity index is 1.81. The standard InChI is InChI=1S/C15H12FN3OS/c1-10-18-19-15(21-10)9-20-14-6-12(5-13(16)7-14)11-3-2-4-17-8-11/h2-8H,9H2,1H3. The van der Waals surface area contributed by atoms with Crippen molar-refractivity contribution in [2.24, 2.45) is 0 Å². The number of hydrogen-bond donors (Lipinski definition) is 0. The highest BCUT2D eigenvalue weighted by molar-refractivity contribution is 7.11. The van der Waals surface area contributed by atoms with Crippen molar-refractivity contribution in [2.75, 3.05) is 0 Å². The van der Waals surface area contributed by atoms with Gasteiger partial charge >= 0.3 is 0 Å². The Bertz CT molecular complexity index is 746. The minimum Gasteiger partial charge on any atom is -0.486 e. The molecule has 0 unspecified atom stereocenters. The van der Waals surface area contributed by atoms with Crippen LogP contribution in [0.4, 0.5) is 4.39 Å². The average Bonchev–Trinajstić information content (AvgIpc) is 2.91. The van der Waals surface area contributed by atoms with E-state index in [1.165, 1.54) is 23.5 Å². The van der Waals surface area contributed by atoms with E-state index in [4.69, 9.17) is 4.74 Å². The normalized spacial score (nSPS) is 10.6. The van der Waals surface area contributed by atoms with Crippen molar-refractivity contribution in [3.63, 3.8) is 0 Å². The van der Waals surface area contributed by atoms with Crippen molar-refractivity contribution in [3.8, 4) is 16.9 Å². The van der Waals surface area contributed by atoms with E-state index in [0.29, 0.717) is 5.75 Å². The molecule has 106 valence electrons. The summed E-state index contributed by atoms with van der Waals surface area (Å²) in [4.78, 5) is 4.04. The summed E-state index contributed by atoms with van der Waals surface area (Å²) in [6.07, 6.45) is 3.37. The predicted octanol–water partition coefficient (Wildman–Crippen LogP) is 3.63. The number of pyridine rings is 1. The van der Waals surface area contributed by atoms with Crippen LogP contribution in [0.2, 0.25) is 0 Å². The van der Waals surface area contributed by atoms with Crippen molar-refractivity contribution in [2.45, 2.75) is 13.5 Å². The third kappa shape index (κ3) is 3.41. The fraction of sp³-hybridized carbons (Fsp3) is 0.133.